The highest BCUT2D eigenvalue weighted by Gasteiger charge is 2.11. The number of nitrogens with zero attached hydrogens (tertiary/aromatic N) is 1. The number of amides is 1. The van der Waals surface area contributed by atoms with Gasteiger partial charge in [0, 0.05) is 12.2 Å². The Balaban J connectivity index is 1.63. The van der Waals surface area contributed by atoms with Crippen molar-refractivity contribution in [2.75, 3.05) is 18.9 Å². The highest BCUT2D eigenvalue weighted by atomic mass is 16.2. The topological polar surface area (TPSA) is 32.3 Å². The Hall–Kier alpha value is -2.65. The largest absolute Gasteiger partial charge is 0.324 e. The molecule has 3 rings (SSSR count). The lowest BCUT2D eigenvalue weighted by Gasteiger charge is -2.18. The fraction of sp³-hybridized carbons (Fsp3) is 0.261. The van der Waals surface area contributed by atoms with Crippen LogP contribution in [-0.2, 0) is 11.3 Å². The molecule has 3 aromatic carbocycles. The van der Waals surface area contributed by atoms with Crippen molar-refractivity contribution < 1.29 is 4.79 Å². The third kappa shape index (κ3) is 4.30. The van der Waals surface area contributed by atoms with Crippen LogP contribution in [0.1, 0.15) is 22.3 Å². The predicted molar refractivity (Wildman–Crippen MR) is 110 cm³/mol. The van der Waals surface area contributed by atoms with Crippen LogP contribution in [0.25, 0.3) is 10.8 Å². The van der Waals surface area contributed by atoms with Gasteiger partial charge in [0.15, 0.2) is 0 Å². The lowest BCUT2D eigenvalue weighted by molar-refractivity contribution is -0.117. The summed E-state index contributed by atoms with van der Waals surface area (Å²) in [5.41, 5.74) is 5.56. The van der Waals surface area contributed by atoms with E-state index in [2.05, 4.69) is 60.8 Å². The standard InChI is InChI=1S/C23H26N2O/c1-16-11-17(2)23(18(3)12-16)24-22(26)15-25(4)14-19-9-10-20-7-5-6-8-21(20)13-19/h5-13H,14-15H2,1-4H3,(H,24,26). The molecule has 1 amide bonds. The number of anilines is 1. The Labute approximate surface area is 155 Å². The second-order valence-electron chi connectivity index (χ2n) is 7.18. The Morgan fingerprint density at radius 2 is 1.58 bits per heavy atom. The summed E-state index contributed by atoms with van der Waals surface area (Å²) in [4.78, 5) is 14.5. The van der Waals surface area contributed by atoms with E-state index in [-0.39, 0.29) is 5.91 Å². The van der Waals surface area contributed by atoms with Crippen LogP contribution in [0.15, 0.2) is 54.6 Å². The maximum Gasteiger partial charge on any atom is 0.238 e. The third-order valence-corrected chi connectivity index (χ3v) is 4.62. The molecule has 0 bridgehead atoms. The molecule has 0 spiro atoms. The fourth-order valence-corrected chi connectivity index (χ4v) is 3.51. The van der Waals surface area contributed by atoms with Gasteiger partial charge in [0.25, 0.3) is 0 Å². The minimum Gasteiger partial charge on any atom is -0.324 e. The summed E-state index contributed by atoms with van der Waals surface area (Å²) in [6, 6.07) is 19.0. The molecule has 1 N–H and O–H groups in total. The average Bonchev–Trinajstić information content (AvgIpc) is 2.58. The second-order valence-corrected chi connectivity index (χ2v) is 7.18. The lowest BCUT2D eigenvalue weighted by atomic mass is 10.1. The monoisotopic (exact) mass is 346 g/mol. The van der Waals surface area contributed by atoms with Crippen LogP contribution in [0.2, 0.25) is 0 Å². The van der Waals surface area contributed by atoms with Gasteiger partial charge in [0.1, 0.15) is 0 Å². The average molecular weight is 346 g/mol. The number of hydrogen-bond donors (Lipinski definition) is 1. The molecule has 0 fully saturated rings. The first-order valence-corrected chi connectivity index (χ1v) is 8.96. The summed E-state index contributed by atoms with van der Waals surface area (Å²) in [6.45, 7) is 7.25. The Kier molecular flexibility index (Phi) is 5.38. The van der Waals surface area contributed by atoms with Crippen molar-refractivity contribution in [2.45, 2.75) is 27.3 Å². The van der Waals surface area contributed by atoms with Crippen LogP contribution in [0, 0.1) is 20.8 Å². The molecule has 0 saturated heterocycles. The normalized spacial score (nSPS) is 11.1. The van der Waals surface area contributed by atoms with Gasteiger partial charge in [0.2, 0.25) is 5.91 Å². The summed E-state index contributed by atoms with van der Waals surface area (Å²) in [6.07, 6.45) is 0. The van der Waals surface area contributed by atoms with Crippen molar-refractivity contribution in [3.63, 3.8) is 0 Å². The molecular formula is C23H26N2O. The van der Waals surface area contributed by atoms with E-state index in [4.69, 9.17) is 0 Å². The molecule has 0 unspecified atom stereocenters. The van der Waals surface area contributed by atoms with Gasteiger partial charge >= 0.3 is 0 Å². The summed E-state index contributed by atoms with van der Waals surface area (Å²) < 4.78 is 0. The molecule has 26 heavy (non-hydrogen) atoms. The van der Waals surface area contributed by atoms with Crippen molar-refractivity contribution in [2.24, 2.45) is 0 Å². The number of hydrogen-bond acceptors (Lipinski definition) is 2. The van der Waals surface area contributed by atoms with Crippen LogP contribution in [0.5, 0.6) is 0 Å². The van der Waals surface area contributed by atoms with Crippen LogP contribution in [-0.4, -0.2) is 24.4 Å². The number of likely N-dealkylation sites (N-methyl/N-ethyl adjacent to an activating group) is 1. The summed E-state index contributed by atoms with van der Waals surface area (Å²) in [7, 11) is 1.98. The fourth-order valence-electron chi connectivity index (χ4n) is 3.51. The summed E-state index contributed by atoms with van der Waals surface area (Å²) in [5, 5.41) is 5.54. The zero-order valence-electron chi connectivity index (χ0n) is 16.0. The van der Waals surface area contributed by atoms with Crippen molar-refractivity contribution in [3.8, 4) is 0 Å². The van der Waals surface area contributed by atoms with Gasteiger partial charge < -0.3 is 5.32 Å². The van der Waals surface area contributed by atoms with Gasteiger partial charge in [0.05, 0.1) is 6.54 Å². The highest BCUT2D eigenvalue weighted by molar-refractivity contribution is 5.93. The number of nitrogens with one attached hydrogen (secondary N) is 1. The zero-order chi connectivity index (χ0) is 18.7. The maximum atomic E-state index is 12.5. The van der Waals surface area contributed by atoms with Gasteiger partial charge in [-0.05, 0) is 61.3 Å². The molecule has 0 aromatic heterocycles. The van der Waals surface area contributed by atoms with E-state index < -0.39 is 0 Å². The van der Waals surface area contributed by atoms with E-state index >= 15 is 0 Å². The number of aryl methyl sites for hydroxylation is 3. The first kappa shape index (κ1) is 18.2. The van der Waals surface area contributed by atoms with Crippen LogP contribution >= 0.6 is 0 Å². The van der Waals surface area contributed by atoms with Gasteiger partial charge in [-0.3, -0.25) is 9.69 Å². The summed E-state index contributed by atoms with van der Waals surface area (Å²) in [5.74, 6) is 0.0170. The zero-order valence-corrected chi connectivity index (χ0v) is 16.0. The van der Waals surface area contributed by atoms with Gasteiger partial charge in [-0.15, -0.1) is 0 Å². The molecule has 0 aliphatic rings. The molecule has 3 heteroatoms. The number of carbonyl (C=O) groups is 1. The van der Waals surface area contributed by atoms with Gasteiger partial charge in [-0.2, -0.15) is 0 Å². The molecule has 0 aliphatic heterocycles. The molecular weight excluding hydrogens is 320 g/mol. The molecule has 3 aromatic rings. The maximum absolute atomic E-state index is 12.5. The minimum atomic E-state index is 0.0170. The molecule has 0 heterocycles. The molecule has 3 nitrogen and oxygen atoms in total. The first-order valence-electron chi connectivity index (χ1n) is 8.96. The van der Waals surface area contributed by atoms with E-state index in [9.17, 15) is 4.79 Å². The molecule has 0 radical (unpaired) electrons. The lowest BCUT2D eigenvalue weighted by Crippen LogP contribution is -2.30. The SMILES string of the molecule is Cc1cc(C)c(NC(=O)CN(C)Cc2ccc3ccccc3c2)c(C)c1. The van der Waals surface area contributed by atoms with Crippen LogP contribution < -0.4 is 5.32 Å². The smallest absolute Gasteiger partial charge is 0.238 e. The van der Waals surface area contributed by atoms with E-state index in [0.717, 1.165) is 23.4 Å². The highest BCUT2D eigenvalue weighted by Crippen LogP contribution is 2.22. The predicted octanol–water partition coefficient (Wildman–Crippen LogP) is 4.84. The number of carbonyl (C=O) groups excluding carboxylic acids is 1. The number of rotatable bonds is 5. The van der Waals surface area contributed by atoms with Crippen LogP contribution in [0.3, 0.4) is 0 Å². The minimum absolute atomic E-state index is 0.0170. The quantitative estimate of drug-likeness (QED) is 0.717. The van der Waals surface area contributed by atoms with Gasteiger partial charge in [-0.25, -0.2) is 0 Å². The Morgan fingerprint density at radius 1 is 0.923 bits per heavy atom. The van der Waals surface area contributed by atoms with E-state index in [1.807, 2.05) is 31.9 Å². The Bertz CT molecular complexity index is 923. The molecule has 134 valence electrons. The van der Waals surface area contributed by atoms with E-state index in [0.29, 0.717) is 6.54 Å². The first-order chi connectivity index (χ1) is 12.4. The van der Waals surface area contributed by atoms with E-state index in [1.54, 1.807) is 0 Å². The van der Waals surface area contributed by atoms with Crippen LogP contribution in [0.4, 0.5) is 5.69 Å². The second kappa shape index (κ2) is 7.71. The molecule has 0 aliphatic carbocycles. The van der Waals surface area contributed by atoms with Crippen molar-refractivity contribution in [1.82, 2.24) is 4.90 Å². The third-order valence-electron chi connectivity index (χ3n) is 4.62. The van der Waals surface area contributed by atoms with Gasteiger partial charge in [-0.1, -0.05) is 54.1 Å². The van der Waals surface area contributed by atoms with Crippen molar-refractivity contribution in [3.05, 3.63) is 76.9 Å². The van der Waals surface area contributed by atoms with Crippen molar-refractivity contribution in [1.29, 1.82) is 0 Å². The number of fused-ring (bicyclic) bond motifs is 1. The van der Waals surface area contributed by atoms with Crippen molar-refractivity contribution >= 4 is 22.4 Å². The molecule has 0 saturated carbocycles. The summed E-state index contributed by atoms with van der Waals surface area (Å²) >= 11 is 0. The molecule has 0 atom stereocenters. The Morgan fingerprint density at radius 3 is 2.27 bits per heavy atom. The number of benzene rings is 3. The van der Waals surface area contributed by atoms with E-state index in [1.165, 1.54) is 21.9 Å².